The van der Waals surface area contributed by atoms with Gasteiger partial charge < -0.3 is 5.32 Å². The van der Waals surface area contributed by atoms with Gasteiger partial charge in [0.25, 0.3) is 0 Å². The number of benzene rings is 1. The first-order valence-electron chi connectivity index (χ1n) is 6.43. The SMILES string of the molecule is CNC1CCN(Cc2ccc(F)c(F)c2)CC1C. The van der Waals surface area contributed by atoms with E-state index in [2.05, 4.69) is 17.1 Å². The van der Waals surface area contributed by atoms with Crippen LogP contribution in [0.2, 0.25) is 0 Å². The van der Waals surface area contributed by atoms with Crippen molar-refractivity contribution in [2.45, 2.75) is 25.9 Å². The van der Waals surface area contributed by atoms with Crippen molar-refractivity contribution < 1.29 is 8.78 Å². The van der Waals surface area contributed by atoms with E-state index in [1.807, 2.05) is 7.05 Å². The van der Waals surface area contributed by atoms with Gasteiger partial charge in [-0.15, -0.1) is 0 Å². The van der Waals surface area contributed by atoms with Crippen molar-refractivity contribution in [1.82, 2.24) is 10.2 Å². The van der Waals surface area contributed by atoms with Crippen molar-refractivity contribution >= 4 is 0 Å². The Hall–Kier alpha value is -1.00. The molecule has 1 heterocycles. The van der Waals surface area contributed by atoms with Crippen LogP contribution in [0.15, 0.2) is 18.2 Å². The number of halogens is 2. The molecule has 2 nitrogen and oxygen atoms in total. The number of rotatable bonds is 3. The van der Waals surface area contributed by atoms with Crippen LogP contribution in [-0.4, -0.2) is 31.1 Å². The van der Waals surface area contributed by atoms with Crippen molar-refractivity contribution in [3.63, 3.8) is 0 Å². The van der Waals surface area contributed by atoms with Gasteiger partial charge in [0.1, 0.15) is 0 Å². The maximum Gasteiger partial charge on any atom is 0.159 e. The highest BCUT2D eigenvalue weighted by atomic mass is 19.2. The molecule has 2 unspecified atom stereocenters. The minimum atomic E-state index is -0.777. The fraction of sp³-hybridized carbons (Fsp3) is 0.571. The molecular weight excluding hydrogens is 234 g/mol. The Morgan fingerprint density at radius 2 is 2.11 bits per heavy atom. The van der Waals surface area contributed by atoms with Crippen LogP contribution >= 0.6 is 0 Å². The maximum atomic E-state index is 13.1. The maximum absolute atomic E-state index is 13.1. The quantitative estimate of drug-likeness (QED) is 0.891. The molecule has 0 amide bonds. The molecule has 0 saturated carbocycles. The predicted octanol–water partition coefficient (Wildman–Crippen LogP) is 2.39. The average molecular weight is 254 g/mol. The molecule has 1 fully saturated rings. The van der Waals surface area contributed by atoms with E-state index < -0.39 is 11.6 Å². The van der Waals surface area contributed by atoms with Crippen molar-refractivity contribution in [3.05, 3.63) is 35.4 Å². The minimum Gasteiger partial charge on any atom is -0.317 e. The lowest BCUT2D eigenvalue weighted by Gasteiger charge is -2.36. The van der Waals surface area contributed by atoms with E-state index >= 15 is 0 Å². The van der Waals surface area contributed by atoms with Gasteiger partial charge in [0.2, 0.25) is 0 Å². The summed E-state index contributed by atoms with van der Waals surface area (Å²) < 4.78 is 26.0. The summed E-state index contributed by atoms with van der Waals surface area (Å²) in [5.41, 5.74) is 0.837. The first-order valence-corrected chi connectivity index (χ1v) is 6.43. The Labute approximate surface area is 107 Å². The topological polar surface area (TPSA) is 15.3 Å². The zero-order valence-electron chi connectivity index (χ0n) is 10.9. The van der Waals surface area contributed by atoms with Crippen LogP contribution < -0.4 is 5.32 Å². The fourth-order valence-electron chi connectivity index (χ4n) is 2.70. The van der Waals surface area contributed by atoms with E-state index in [0.717, 1.165) is 25.1 Å². The molecule has 1 saturated heterocycles. The Morgan fingerprint density at radius 1 is 1.33 bits per heavy atom. The molecule has 0 aliphatic carbocycles. The lowest BCUT2D eigenvalue weighted by Crippen LogP contribution is -2.46. The first kappa shape index (κ1) is 13.4. The van der Waals surface area contributed by atoms with E-state index in [9.17, 15) is 8.78 Å². The van der Waals surface area contributed by atoms with Crippen LogP contribution in [-0.2, 0) is 6.54 Å². The van der Waals surface area contributed by atoms with Crippen molar-refractivity contribution in [2.24, 2.45) is 5.92 Å². The summed E-state index contributed by atoms with van der Waals surface area (Å²) in [6.07, 6.45) is 1.10. The first-order chi connectivity index (χ1) is 8.60. The third kappa shape index (κ3) is 3.06. The van der Waals surface area contributed by atoms with E-state index in [0.29, 0.717) is 18.5 Å². The molecule has 0 spiro atoms. The van der Waals surface area contributed by atoms with E-state index in [1.54, 1.807) is 6.07 Å². The second kappa shape index (κ2) is 5.76. The number of hydrogen-bond donors (Lipinski definition) is 1. The molecule has 18 heavy (non-hydrogen) atoms. The molecule has 1 aromatic rings. The van der Waals surface area contributed by atoms with Gasteiger partial charge >= 0.3 is 0 Å². The number of likely N-dealkylation sites (tertiary alicyclic amines) is 1. The number of nitrogens with one attached hydrogen (secondary N) is 1. The molecule has 2 atom stereocenters. The van der Waals surface area contributed by atoms with Crippen molar-refractivity contribution in [1.29, 1.82) is 0 Å². The third-order valence-corrected chi connectivity index (χ3v) is 3.75. The Bertz CT molecular complexity index is 409. The Kier molecular flexibility index (Phi) is 4.30. The van der Waals surface area contributed by atoms with Gasteiger partial charge in [0.05, 0.1) is 0 Å². The molecule has 100 valence electrons. The summed E-state index contributed by atoms with van der Waals surface area (Å²) in [5.74, 6) is -0.958. The van der Waals surface area contributed by atoms with E-state index in [1.165, 1.54) is 12.1 Å². The summed E-state index contributed by atoms with van der Waals surface area (Å²) in [6, 6.07) is 4.72. The largest absolute Gasteiger partial charge is 0.317 e. The molecule has 2 rings (SSSR count). The summed E-state index contributed by atoms with van der Waals surface area (Å²) in [4.78, 5) is 2.30. The molecule has 1 aliphatic rings. The monoisotopic (exact) mass is 254 g/mol. The molecular formula is C14H20F2N2. The van der Waals surface area contributed by atoms with Gasteiger partial charge in [-0.1, -0.05) is 13.0 Å². The zero-order valence-corrected chi connectivity index (χ0v) is 10.9. The molecule has 1 aromatic carbocycles. The molecule has 0 radical (unpaired) electrons. The van der Waals surface area contributed by atoms with E-state index in [-0.39, 0.29) is 0 Å². The van der Waals surface area contributed by atoms with E-state index in [4.69, 9.17) is 0 Å². The molecule has 1 N–H and O–H groups in total. The number of hydrogen-bond acceptors (Lipinski definition) is 2. The van der Waals surface area contributed by atoms with Gasteiger partial charge in [0, 0.05) is 19.1 Å². The highest BCUT2D eigenvalue weighted by molar-refractivity contribution is 5.17. The van der Waals surface area contributed by atoms with Gasteiger partial charge in [-0.05, 0) is 43.6 Å². The Morgan fingerprint density at radius 3 is 2.72 bits per heavy atom. The average Bonchev–Trinajstić information content (AvgIpc) is 2.34. The van der Waals surface area contributed by atoms with Crippen molar-refractivity contribution in [2.75, 3.05) is 20.1 Å². The van der Waals surface area contributed by atoms with Gasteiger partial charge in [0.15, 0.2) is 11.6 Å². The predicted molar refractivity (Wildman–Crippen MR) is 68.3 cm³/mol. The lowest BCUT2D eigenvalue weighted by molar-refractivity contribution is 0.145. The van der Waals surface area contributed by atoms with Gasteiger partial charge in [-0.25, -0.2) is 8.78 Å². The summed E-state index contributed by atoms with van der Waals surface area (Å²) >= 11 is 0. The minimum absolute atomic E-state index is 0.561. The second-order valence-corrected chi connectivity index (χ2v) is 5.14. The summed E-state index contributed by atoms with van der Waals surface area (Å²) in [6.45, 7) is 4.90. The zero-order chi connectivity index (χ0) is 13.1. The molecule has 1 aliphatic heterocycles. The van der Waals surface area contributed by atoms with Crippen molar-refractivity contribution in [3.8, 4) is 0 Å². The van der Waals surface area contributed by atoms with Crippen LogP contribution in [0.1, 0.15) is 18.9 Å². The smallest absolute Gasteiger partial charge is 0.159 e. The highest BCUT2D eigenvalue weighted by Crippen LogP contribution is 2.19. The van der Waals surface area contributed by atoms with Gasteiger partial charge in [-0.2, -0.15) is 0 Å². The number of piperidine rings is 1. The van der Waals surface area contributed by atoms with Crippen LogP contribution in [0.5, 0.6) is 0 Å². The summed E-state index contributed by atoms with van der Waals surface area (Å²) in [7, 11) is 1.99. The molecule has 4 heteroatoms. The lowest BCUT2D eigenvalue weighted by atomic mass is 9.94. The fourth-order valence-corrected chi connectivity index (χ4v) is 2.70. The Balaban J connectivity index is 1.96. The van der Waals surface area contributed by atoms with Crippen LogP contribution in [0.3, 0.4) is 0 Å². The highest BCUT2D eigenvalue weighted by Gasteiger charge is 2.24. The van der Waals surface area contributed by atoms with Crippen LogP contribution in [0.4, 0.5) is 8.78 Å². The summed E-state index contributed by atoms with van der Waals surface area (Å²) in [5, 5.41) is 3.32. The number of nitrogens with zero attached hydrogens (tertiary/aromatic N) is 1. The van der Waals surface area contributed by atoms with Crippen LogP contribution in [0.25, 0.3) is 0 Å². The second-order valence-electron chi connectivity index (χ2n) is 5.14. The normalized spacial score (nSPS) is 25.3. The molecule has 0 aromatic heterocycles. The van der Waals surface area contributed by atoms with Crippen LogP contribution in [0, 0.1) is 17.6 Å². The standard InChI is InChI=1S/C14H20F2N2/c1-10-8-18(6-5-14(10)17-2)9-11-3-4-12(15)13(16)7-11/h3-4,7,10,14,17H,5-6,8-9H2,1-2H3. The van der Waals surface area contributed by atoms with Gasteiger partial charge in [-0.3, -0.25) is 4.90 Å². The third-order valence-electron chi connectivity index (χ3n) is 3.75. The molecule has 0 bridgehead atoms.